The summed E-state index contributed by atoms with van der Waals surface area (Å²) in [7, 11) is -2.62. The quantitative estimate of drug-likeness (QED) is 0.428. The van der Waals surface area contributed by atoms with Crippen LogP contribution in [0.25, 0.3) is 0 Å². The van der Waals surface area contributed by atoms with Gasteiger partial charge in [0.25, 0.3) is 5.91 Å². The number of carbonyl (C=O) groups is 2. The molecule has 166 valence electrons. The smallest absolute Gasteiger partial charge is 0.336 e. The maximum atomic E-state index is 13.2. The van der Waals surface area contributed by atoms with Crippen molar-refractivity contribution in [3.05, 3.63) is 53.6 Å². The molecule has 0 saturated carbocycles. The lowest BCUT2D eigenvalue weighted by molar-refractivity contribution is 0.0659. The number of carbonyl (C=O) groups excluding carboxylic acids is 1. The number of amides is 1. The van der Waals surface area contributed by atoms with Gasteiger partial charge in [-0.2, -0.15) is 4.31 Å². The van der Waals surface area contributed by atoms with Crippen LogP contribution < -0.4 is 15.0 Å². The lowest BCUT2D eigenvalue weighted by Crippen LogP contribution is -2.42. The Kier molecular flexibility index (Phi) is 6.78. The molecule has 3 N–H and O–H groups in total. The molecular formula is C20H22N2O8S. The maximum absolute atomic E-state index is 13.2. The Morgan fingerprint density at radius 3 is 2.23 bits per heavy atom. The summed E-state index contributed by atoms with van der Waals surface area (Å²) in [5.41, 5.74) is 0.181. The molecule has 0 spiro atoms. The van der Waals surface area contributed by atoms with Crippen molar-refractivity contribution < 1.29 is 37.8 Å². The molecule has 1 aliphatic heterocycles. The molecule has 10 nitrogen and oxygen atoms in total. The number of sulfonamides is 1. The van der Waals surface area contributed by atoms with Gasteiger partial charge in [0.15, 0.2) is 0 Å². The summed E-state index contributed by atoms with van der Waals surface area (Å²) in [6.07, 6.45) is 0.613. The molecule has 1 heterocycles. The zero-order chi connectivity index (χ0) is 22.6. The van der Waals surface area contributed by atoms with Crippen molar-refractivity contribution in [2.45, 2.75) is 23.8 Å². The predicted octanol–water partition coefficient (Wildman–Crippen LogP) is 1.74. The first-order valence-corrected chi connectivity index (χ1v) is 10.8. The van der Waals surface area contributed by atoms with E-state index in [1.807, 2.05) is 0 Å². The molecule has 0 bridgehead atoms. The molecule has 1 amide bonds. The van der Waals surface area contributed by atoms with Gasteiger partial charge in [-0.25, -0.2) is 18.7 Å². The van der Waals surface area contributed by atoms with Gasteiger partial charge in [-0.1, -0.05) is 6.07 Å². The van der Waals surface area contributed by atoms with E-state index >= 15 is 0 Å². The van der Waals surface area contributed by atoms with Gasteiger partial charge in [-0.05, 0) is 49.2 Å². The first-order valence-electron chi connectivity index (χ1n) is 9.39. The molecule has 1 fully saturated rings. The third kappa shape index (κ3) is 4.79. The molecule has 3 rings (SSSR count). The van der Waals surface area contributed by atoms with Crippen LogP contribution in [0.3, 0.4) is 0 Å². The van der Waals surface area contributed by atoms with E-state index < -0.39 is 37.9 Å². The van der Waals surface area contributed by atoms with Crippen LogP contribution in [0.15, 0.2) is 47.4 Å². The third-order valence-electron chi connectivity index (χ3n) is 4.97. The SMILES string of the molecule is COc1ccc(OC2CCN(S(=O)(=O)c3cccc(C(=O)O)c3C(=O)NO)CC2)cc1. The molecule has 11 heteroatoms. The highest BCUT2D eigenvalue weighted by atomic mass is 32.2. The van der Waals surface area contributed by atoms with Crippen molar-refractivity contribution in [2.24, 2.45) is 0 Å². The minimum Gasteiger partial charge on any atom is -0.497 e. The minimum atomic E-state index is -4.18. The highest BCUT2D eigenvalue weighted by Crippen LogP contribution is 2.28. The van der Waals surface area contributed by atoms with E-state index in [-0.39, 0.29) is 19.2 Å². The third-order valence-corrected chi connectivity index (χ3v) is 6.91. The topological polar surface area (TPSA) is 142 Å². The normalized spacial score (nSPS) is 15.3. The van der Waals surface area contributed by atoms with Crippen LogP contribution >= 0.6 is 0 Å². The summed E-state index contributed by atoms with van der Waals surface area (Å²) < 4.78 is 38.5. The lowest BCUT2D eigenvalue weighted by Gasteiger charge is -2.32. The number of hydrogen-bond donors (Lipinski definition) is 3. The Labute approximate surface area is 179 Å². The number of hydrogen-bond acceptors (Lipinski definition) is 7. The average Bonchev–Trinajstić information content (AvgIpc) is 2.78. The van der Waals surface area contributed by atoms with Gasteiger partial charge in [0.2, 0.25) is 10.0 Å². The fraction of sp³-hybridized carbons (Fsp3) is 0.300. The lowest BCUT2D eigenvalue weighted by atomic mass is 10.1. The number of piperidine rings is 1. The summed E-state index contributed by atoms with van der Waals surface area (Å²) in [5, 5.41) is 18.3. The van der Waals surface area contributed by atoms with E-state index in [2.05, 4.69) is 0 Å². The first-order chi connectivity index (χ1) is 14.8. The second-order valence-corrected chi connectivity index (χ2v) is 8.73. The molecule has 0 atom stereocenters. The Morgan fingerprint density at radius 1 is 1.06 bits per heavy atom. The van der Waals surface area contributed by atoms with E-state index in [9.17, 15) is 23.1 Å². The standard InChI is InChI=1S/C20H22N2O8S/c1-29-13-5-7-14(8-6-13)30-15-9-11-22(12-10-15)31(27,28)17-4-2-3-16(20(24)25)18(17)19(23)21-26/h2-8,15,26H,9-12H2,1H3,(H,21,23)(H,24,25). The van der Waals surface area contributed by atoms with Crippen molar-refractivity contribution >= 4 is 21.9 Å². The predicted molar refractivity (Wildman–Crippen MR) is 108 cm³/mol. The molecule has 31 heavy (non-hydrogen) atoms. The molecule has 0 radical (unpaired) electrons. The number of carboxylic acid groups (broad SMARTS) is 1. The fourth-order valence-corrected chi connectivity index (χ4v) is 5.07. The zero-order valence-corrected chi connectivity index (χ0v) is 17.5. The molecule has 2 aromatic rings. The summed E-state index contributed by atoms with van der Waals surface area (Å²) in [4.78, 5) is 23.0. The number of rotatable bonds is 7. The van der Waals surface area contributed by atoms with Crippen LogP contribution in [0.2, 0.25) is 0 Å². The van der Waals surface area contributed by atoms with Crippen molar-refractivity contribution in [3.63, 3.8) is 0 Å². The number of nitrogens with zero attached hydrogens (tertiary/aromatic N) is 1. The summed E-state index contributed by atoms with van der Waals surface area (Å²) in [6, 6.07) is 10.5. The van der Waals surface area contributed by atoms with Crippen LogP contribution in [0.5, 0.6) is 11.5 Å². The zero-order valence-electron chi connectivity index (χ0n) is 16.6. The van der Waals surface area contributed by atoms with Gasteiger partial charge in [-0.3, -0.25) is 10.0 Å². The minimum absolute atomic E-state index is 0.126. The van der Waals surface area contributed by atoms with Crippen LogP contribution in [0.1, 0.15) is 33.6 Å². The van der Waals surface area contributed by atoms with Crippen LogP contribution in [0, 0.1) is 0 Å². The van der Waals surface area contributed by atoms with E-state index in [1.165, 1.54) is 15.9 Å². The number of benzene rings is 2. The first kappa shape index (κ1) is 22.5. The van der Waals surface area contributed by atoms with E-state index in [0.29, 0.717) is 24.3 Å². The van der Waals surface area contributed by atoms with Gasteiger partial charge < -0.3 is 14.6 Å². The van der Waals surface area contributed by atoms with E-state index in [1.54, 1.807) is 31.4 Å². The summed E-state index contributed by atoms with van der Waals surface area (Å²) in [6.45, 7) is 0.251. The van der Waals surface area contributed by atoms with Crippen molar-refractivity contribution in [1.29, 1.82) is 0 Å². The largest absolute Gasteiger partial charge is 0.497 e. The Morgan fingerprint density at radius 2 is 1.68 bits per heavy atom. The van der Waals surface area contributed by atoms with Crippen molar-refractivity contribution in [3.8, 4) is 11.5 Å². The highest BCUT2D eigenvalue weighted by Gasteiger charge is 2.34. The second-order valence-electron chi connectivity index (χ2n) is 6.82. The molecule has 0 aromatic heterocycles. The molecule has 1 saturated heterocycles. The van der Waals surface area contributed by atoms with E-state index in [0.717, 1.165) is 12.1 Å². The Bertz CT molecular complexity index is 1060. The summed E-state index contributed by atoms with van der Waals surface area (Å²) >= 11 is 0. The van der Waals surface area contributed by atoms with Crippen LogP contribution in [-0.4, -0.2) is 61.2 Å². The fourth-order valence-electron chi connectivity index (χ4n) is 3.39. The molecular weight excluding hydrogens is 428 g/mol. The van der Waals surface area contributed by atoms with Gasteiger partial charge in [0, 0.05) is 13.1 Å². The Hall–Kier alpha value is -3.15. The number of methoxy groups -OCH3 is 1. The van der Waals surface area contributed by atoms with Crippen LogP contribution in [-0.2, 0) is 10.0 Å². The molecule has 1 aliphatic rings. The van der Waals surface area contributed by atoms with Gasteiger partial charge in [-0.15, -0.1) is 0 Å². The number of carboxylic acids is 1. The van der Waals surface area contributed by atoms with Gasteiger partial charge in [0.1, 0.15) is 17.6 Å². The number of nitrogens with one attached hydrogen (secondary N) is 1. The van der Waals surface area contributed by atoms with Gasteiger partial charge in [0.05, 0.1) is 23.1 Å². The number of hydroxylamine groups is 1. The van der Waals surface area contributed by atoms with Gasteiger partial charge >= 0.3 is 5.97 Å². The Balaban J connectivity index is 1.77. The molecule has 2 aromatic carbocycles. The van der Waals surface area contributed by atoms with Crippen molar-refractivity contribution in [1.82, 2.24) is 9.79 Å². The van der Waals surface area contributed by atoms with Crippen LogP contribution in [0.4, 0.5) is 0 Å². The number of aromatic carboxylic acids is 1. The van der Waals surface area contributed by atoms with E-state index in [4.69, 9.17) is 14.7 Å². The molecule has 0 aliphatic carbocycles. The monoisotopic (exact) mass is 450 g/mol. The average molecular weight is 450 g/mol. The number of ether oxygens (including phenoxy) is 2. The maximum Gasteiger partial charge on any atom is 0.336 e. The molecule has 0 unspecified atom stereocenters. The summed E-state index contributed by atoms with van der Waals surface area (Å²) in [5.74, 6) is -1.37. The highest BCUT2D eigenvalue weighted by molar-refractivity contribution is 7.89. The second kappa shape index (κ2) is 9.33. The van der Waals surface area contributed by atoms with Crippen molar-refractivity contribution in [2.75, 3.05) is 20.2 Å².